The molecule has 1 aromatic heterocycles. The van der Waals surface area contributed by atoms with Crippen molar-refractivity contribution < 1.29 is 17.9 Å². The normalized spacial score (nSPS) is 19.7. The van der Waals surface area contributed by atoms with Crippen LogP contribution in [0, 0.1) is 0 Å². The summed E-state index contributed by atoms with van der Waals surface area (Å²) in [6.45, 7) is 1.76. The maximum absolute atomic E-state index is 11.5. The minimum Gasteiger partial charge on any atom is -0.486 e. The fraction of sp³-hybridized carbons (Fsp3) is 0.471. The number of nitrogens with zero attached hydrogens (tertiary/aromatic N) is 3. The van der Waals surface area contributed by atoms with Gasteiger partial charge in [0.25, 0.3) is 0 Å². The number of hydrogen-bond acceptors (Lipinski definition) is 6. The molecule has 0 unspecified atom stereocenters. The average molecular weight is 378 g/mol. The number of rotatable bonds is 6. The number of sulfone groups is 1. The van der Waals surface area contributed by atoms with E-state index >= 15 is 0 Å². The van der Waals surface area contributed by atoms with E-state index < -0.39 is 9.84 Å². The maximum atomic E-state index is 11.5. The van der Waals surface area contributed by atoms with Crippen molar-refractivity contribution in [3.63, 3.8) is 0 Å². The van der Waals surface area contributed by atoms with Crippen LogP contribution in [0.2, 0.25) is 0 Å². The van der Waals surface area contributed by atoms with Gasteiger partial charge in [-0.3, -0.25) is 4.79 Å². The van der Waals surface area contributed by atoms with Crippen molar-refractivity contribution in [2.24, 2.45) is 7.05 Å². The number of nitrogens with one attached hydrogen (secondary N) is 1. The molecule has 1 saturated carbocycles. The minimum atomic E-state index is -3.22. The van der Waals surface area contributed by atoms with Gasteiger partial charge in [0.15, 0.2) is 15.7 Å². The average Bonchev–Trinajstić information content (AvgIpc) is 2.88. The van der Waals surface area contributed by atoms with Crippen LogP contribution < -0.4 is 10.1 Å². The lowest BCUT2D eigenvalue weighted by molar-refractivity contribution is -0.120. The molecule has 1 aliphatic rings. The Labute approximate surface area is 152 Å². The molecule has 0 radical (unpaired) electrons. The molecule has 0 spiro atoms. The summed E-state index contributed by atoms with van der Waals surface area (Å²) in [5.74, 6) is 2.42. The standard InChI is InChI=1S/C17H22N4O4S/c1-11(22)18-13-8-12(9-13)17-20-19-16(21(17)2)10-25-14-4-6-15(7-5-14)26(3,23)24/h4-7,12-13H,8-10H2,1-3H3,(H,18,22). The molecule has 140 valence electrons. The van der Waals surface area contributed by atoms with E-state index in [4.69, 9.17) is 4.74 Å². The van der Waals surface area contributed by atoms with E-state index in [-0.39, 0.29) is 29.4 Å². The van der Waals surface area contributed by atoms with Crippen LogP contribution in [0.15, 0.2) is 29.2 Å². The Balaban J connectivity index is 1.58. The second kappa shape index (κ2) is 7.06. The zero-order chi connectivity index (χ0) is 18.9. The first-order chi connectivity index (χ1) is 12.2. The maximum Gasteiger partial charge on any atom is 0.217 e. The van der Waals surface area contributed by atoms with Gasteiger partial charge in [-0.25, -0.2) is 8.42 Å². The topological polar surface area (TPSA) is 103 Å². The lowest BCUT2D eigenvalue weighted by atomic mass is 9.79. The third-order valence-electron chi connectivity index (χ3n) is 4.53. The Kier molecular flexibility index (Phi) is 4.99. The highest BCUT2D eigenvalue weighted by atomic mass is 32.2. The lowest BCUT2D eigenvalue weighted by Gasteiger charge is -2.34. The first-order valence-electron chi connectivity index (χ1n) is 8.32. The molecule has 0 saturated heterocycles. The van der Waals surface area contributed by atoms with E-state index in [0.717, 1.165) is 18.7 Å². The Morgan fingerprint density at radius 3 is 2.50 bits per heavy atom. The molecule has 0 aliphatic heterocycles. The second-order valence-corrected chi connectivity index (χ2v) is 8.65. The van der Waals surface area contributed by atoms with Crippen molar-refractivity contribution in [3.05, 3.63) is 35.9 Å². The monoisotopic (exact) mass is 378 g/mol. The first kappa shape index (κ1) is 18.4. The molecule has 1 N–H and O–H groups in total. The number of hydrogen-bond donors (Lipinski definition) is 1. The van der Waals surface area contributed by atoms with Gasteiger partial charge in [0.1, 0.15) is 18.2 Å². The Hall–Kier alpha value is -2.42. The molecule has 0 bridgehead atoms. The van der Waals surface area contributed by atoms with Gasteiger partial charge in [-0.15, -0.1) is 10.2 Å². The number of carbonyl (C=O) groups is 1. The van der Waals surface area contributed by atoms with E-state index in [1.165, 1.54) is 25.3 Å². The van der Waals surface area contributed by atoms with Gasteiger partial charge in [0, 0.05) is 32.2 Å². The fourth-order valence-electron chi connectivity index (χ4n) is 3.02. The Morgan fingerprint density at radius 1 is 1.27 bits per heavy atom. The van der Waals surface area contributed by atoms with Gasteiger partial charge < -0.3 is 14.6 Å². The summed E-state index contributed by atoms with van der Waals surface area (Å²) in [5.41, 5.74) is 0. The Bertz CT molecular complexity index is 899. The molecule has 2 aromatic rings. The van der Waals surface area contributed by atoms with Crippen LogP contribution in [0.3, 0.4) is 0 Å². The molecule has 9 heteroatoms. The van der Waals surface area contributed by atoms with Gasteiger partial charge in [-0.05, 0) is 37.1 Å². The third-order valence-corrected chi connectivity index (χ3v) is 5.66. The lowest BCUT2D eigenvalue weighted by Crippen LogP contribution is -2.43. The predicted octanol–water partition coefficient (Wildman–Crippen LogP) is 1.18. The van der Waals surface area contributed by atoms with Crippen LogP contribution in [-0.2, 0) is 28.3 Å². The van der Waals surface area contributed by atoms with Gasteiger partial charge in [-0.1, -0.05) is 0 Å². The molecule has 0 atom stereocenters. The molecule has 8 nitrogen and oxygen atoms in total. The van der Waals surface area contributed by atoms with Crippen LogP contribution in [0.4, 0.5) is 0 Å². The molecule has 1 aliphatic carbocycles. The molecule has 1 fully saturated rings. The summed E-state index contributed by atoms with van der Waals surface area (Å²) < 4.78 is 30.5. The van der Waals surface area contributed by atoms with Gasteiger partial charge >= 0.3 is 0 Å². The molecular weight excluding hydrogens is 356 g/mol. The predicted molar refractivity (Wildman–Crippen MR) is 94.5 cm³/mol. The van der Waals surface area contributed by atoms with Crippen molar-refractivity contribution in [3.8, 4) is 5.75 Å². The highest BCUT2D eigenvalue weighted by Crippen LogP contribution is 2.35. The van der Waals surface area contributed by atoms with Crippen LogP contribution in [0.1, 0.15) is 37.3 Å². The summed E-state index contributed by atoms with van der Waals surface area (Å²) in [4.78, 5) is 11.3. The Morgan fingerprint density at radius 2 is 1.92 bits per heavy atom. The van der Waals surface area contributed by atoms with Crippen molar-refractivity contribution in [2.45, 2.75) is 43.2 Å². The van der Waals surface area contributed by atoms with E-state index in [9.17, 15) is 13.2 Å². The smallest absolute Gasteiger partial charge is 0.217 e. The molecule has 1 aromatic carbocycles. The molecule has 3 rings (SSSR count). The molecule has 26 heavy (non-hydrogen) atoms. The van der Waals surface area contributed by atoms with E-state index in [1.807, 2.05) is 11.6 Å². The van der Waals surface area contributed by atoms with E-state index in [2.05, 4.69) is 15.5 Å². The number of ether oxygens (including phenoxy) is 1. The van der Waals surface area contributed by atoms with Crippen molar-refractivity contribution in [1.82, 2.24) is 20.1 Å². The minimum absolute atomic E-state index is 0.0117. The summed E-state index contributed by atoms with van der Waals surface area (Å²) in [6, 6.07) is 6.49. The second-order valence-electron chi connectivity index (χ2n) is 6.63. The van der Waals surface area contributed by atoms with Crippen LogP contribution in [0.25, 0.3) is 0 Å². The number of amides is 1. The first-order valence-corrected chi connectivity index (χ1v) is 10.2. The molecule has 1 heterocycles. The zero-order valence-corrected chi connectivity index (χ0v) is 15.8. The summed E-state index contributed by atoms with van der Waals surface area (Å²) in [6.07, 6.45) is 2.89. The quantitative estimate of drug-likeness (QED) is 0.810. The third kappa shape index (κ3) is 4.04. The van der Waals surface area contributed by atoms with E-state index in [0.29, 0.717) is 11.6 Å². The van der Waals surface area contributed by atoms with Gasteiger partial charge in [-0.2, -0.15) is 0 Å². The van der Waals surface area contributed by atoms with Gasteiger partial charge in [0.05, 0.1) is 4.90 Å². The number of aromatic nitrogens is 3. The molecule has 1 amide bonds. The summed E-state index contributed by atoms with van der Waals surface area (Å²) >= 11 is 0. The highest BCUT2D eigenvalue weighted by Gasteiger charge is 2.34. The van der Waals surface area contributed by atoms with Crippen molar-refractivity contribution >= 4 is 15.7 Å². The van der Waals surface area contributed by atoms with Crippen LogP contribution in [-0.4, -0.2) is 41.4 Å². The highest BCUT2D eigenvalue weighted by molar-refractivity contribution is 7.90. The van der Waals surface area contributed by atoms with Crippen LogP contribution >= 0.6 is 0 Å². The van der Waals surface area contributed by atoms with E-state index in [1.54, 1.807) is 12.1 Å². The molecular formula is C17H22N4O4S. The fourth-order valence-corrected chi connectivity index (χ4v) is 3.65. The zero-order valence-electron chi connectivity index (χ0n) is 15.0. The number of carbonyl (C=O) groups excluding carboxylic acids is 1. The summed E-state index contributed by atoms with van der Waals surface area (Å²) in [7, 11) is -1.32. The largest absolute Gasteiger partial charge is 0.486 e. The summed E-state index contributed by atoms with van der Waals surface area (Å²) in [5, 5.41) is 11.3. The van der Waals surface area contributed by atoms with Gasteiger partial charge in [0.2, 0.25) is 5.91 Å². The van der Waals surface area contributed by atoms with Crippen LogP contribution in [0.5, 0.6) is 5.75 Å². The van der Waals surface area contributed by atoms with Crippen molar-refractivity contribution in [2.75, 3.05) is 6.26 Å². The number of benzene rings is 1. The van der Waals surface area contributed by atoms with Crippen molar-refractivity contribution in [1.29, 1.82) is 0 Å². The SMILES string of the molecule is CC(=O)NC1CC(c2nnc(COc3ccc(S(C)(=O)=O)cc3)n2C)C1.